The van der Waals surface area contributed by atoms with Gasteiger partial charge < -0.3 is 15.7 Å². The Labute approximate surface area is 132 Å². The van der Waals surface area contributed by atoms with E-state index >= 15 is 0 Å². The Morgan fingerprint density at radius 1 is 1.27 bits per heavy atom. The topological polar surface area (TPSA) is 64.6 Å². The zero-order chi connectivity index (χ0) is 15.9. The molecule has 122 valence electrons. The Kier molecular flexibility index (Phi) is 6.21. The third kappa shape index (κ3) is 5.00. The van der Waals surface area contributed by atoms with Crippen LogP contribution in [0.2, 0.25) is 0 Å². The van der Waals surface area contributed by atoms with Crippen LogP contribution < -0.4 is 10.6 Å². The van der Waals surface area contributed by atoms with E-state index < -0.39 is 0 Å². The number of hydrogen-bond donors (Lipinski definition) is 3. The van der Waals surface area contributed by atoms with Crippen molar-refractivity contribution in [1.82, 2.24) is 15.5 Å². The molecular formula is C17H27N3O2. The molecule has 1 saturated carbocycles. The quantitative estimate of drug-likeness (QED) is 0.687. The molecule has 2 amide bonds. The van der Waals surface area contributed by atoms with Crippen LogP contribution in [-0.4, -0.2) is 41.2 Å². The van der Waals surface area contributed by atoms with Crippen LogP contribution in [0.4, 0.5) is 4.79 Å². The molecule has 1 aromatic carbocycles. The molecule has 0 radical (unpaired) electrons. The molecule has 0 aromatic heterocycles. The van der Waals surface area contributed by atoms with E-state index in [0.29, 0.717) is 25.2 Å². The first-order chi connectivity index (χ1) is 10.6. The van der Waals surface area contributed by atoms with Gasteiger partial charge in [0.1, 0.15) is 0 Å². The first-order valence-corrected chi connectivity index (χ1v) is 8.07. The highest BCUT2D eigenvalue weighted by molar-refractivity contribution is 5.73. The minimum atomic E-state index is -0.160. The number of carbonyl (C=O) groups is 1. The first kappa shape index (κ1) is 16.8. The number of amides is 2. The molecule has 1 aliphatic rings. The summed E-state index contributed by atoms with van der Waals surface area (Å²) in [6, 6.07) is 8.64. The van der Waals surface area contributed by atoms with Gasteiger partial charge in [-0.3, -0.25) is 4.90 Å². The van der Waals surface area contributed by atoms with E-state index in [1.54, 1.807) is 0 Å². The smallest absolute Gasteiger partial charge is 0.315 e. The van der Waals surface area contributed by atoms with Crippen LogP contribution >= 0.6 is 0 Å². The summed E-state index contributed by atoms with van der Waals surface area (Å²) in [4.78, 5) is 14.3. The highest BCUT2D eigenvalue weighted by atomic mass is 16.3. The van der Waals surface area contributed by atoms with E-state index in [1.165, 1.54) is 12.8 Å². The second-order valence-corrected chi connectivity index (χ2v) is 6.10. The van der Waals surface area contributed by atoms with Crippen molar-refractivity contribution in [3.05, 3.63) is 35.4 Å². The number of nitrogens with zero attached hydrogens (tertiary/aromatic N) is 1. The molecule has 0 spiro atoms. The fourth-order valence-electron chi connectivity index (χ4n) is 2.69. The van der Waals surface area contributed by atoms with Gasteiger partial charge in [0.2, 0.25) is 0 Å². The molecule has 2 rings (SSSR count). The predicted octanol–water partition coefficient (Wildman–Crippen LogP) is 1.85. The van der Waals surface area contributed by atoms with Crippen LogP contribution in [-0.2, 0) is 13.2 Å². The van der Waals surface area contributed by atoms with Gasteiger partial charge in [-0.15, -0.1) is 0 Å². The second-order valence-electron chi connectivity index (χ2n) is 6.10. The van der Waals surface area contributed by atoms with Crippen LogP contribution in [0.3, 0.4) is 0 Å². The van der Waals surface area contributed by atoms with Crippen molar-refractivity contribution in [2.75, 3.05) is 13.1 Å². The lowest BCUT2D eigenvalue weighted by atomic mass is 10.1. The Bertz CT molecular complexity index is 485. The molecule has 0 unspecified atom stereocenters. The second kappa shape index (κ2) is 8.15. The molecule has 1 aromatic rings. The molecule has 0 bridgehead atoms. The molecule has 3 N–H and O–H groups in total. The van der Waals surface area contributed by atoms with E-state index in [0.717, 1.165) is 17.7 Å². The largest absolute Gasteiger partial charge is 0.392 e. The molecular weight excluding hydrogens is 278 g/mol. The molecule has 22 heavy (non-hydrogen) atoms. The highest BCUT2D eigenvalue weighted by Crippen LogP contribution is 2.27. The number of aliphatic hydroxyl groups excluding tert-OH is 1. The van der Waals surface area contributed by atoms with Crippen molar-refractivity contribution in [2.24, 2.45) is 0 Å². The fourth-order valence-corrected chi connectivity index (χ4v) is 2.69. The van der Waals surface area contributed by atoms with E-state index in [4.69, 9.17) is 0 Å². The predicted molar refractivity (Wildman–Crippen MR) is 87.5 cm³/mol. The van der Waals surface area contributed by atoms with Crippen molar-refractivity contribution in [3.63, 3.8) is 0 Å². The third-order valence-electron chi connectivity index (χ3n) is 4.06. The van der Waals surface area contributed by atoms with Crippen LogP contribution in [0.25, 0.3) is 0 Å². The number of carbonyl (C=O) groups excluding carboxylic acids is 1. The number of rotatable bonds is 8. The van der Waals surface area contributed by atoms with Crippen LogP contribution in [0.15, 0.2) is 24.3 Å². The minimum Gasteiger partial charge on any atom is -0.392 e. The number of urea groups is 1. The van der Waals surface area contributed by atoms with Crippen molar-refractivity contribution in [2.45, 2.75) is 51.9 Å². The molecule has 0 heterocycles. The van der Waals surface area contributed by atoms with E-state index in [9.17, 15) is 9.90 Å². The summed E-state index contributed by atoms with van der Waals surface area (Å²) in [7, 11) is 0. The van der Waals surface area contributed by atoms with Gasteiger partial charge in [-0.1, -0.05) is 24.3 Å². The van der Waals surface area contributed by atoms with Crippen molar-refractivity contribution >= 4 is 6.03 Å². The molecule has 1 aliphatic carbocycles. The number of aliphatic hydroxyl groups is 1. The Morgan fingerprint density at radius 2 is 1.95 bits per heavy atom. The van der Waals surface area contributed by atoms with Crippen LogP contribution in [0, 0.1) is 0 Å². The lowest BCUT2D eigenvalue weighted by Gasteiger charge is -2.26. The number of benzene rings is 1. The Hall–Kier alpha value is -1.59. The van der Waals surface area contributed by atoms with Gasteiger partial charge in [-0.25, -0.2) is 4.79 Å². The van der Waals surface area contributed by atoms with Gasteiger partial charge in [0, 0.05) is 31.7 Å². The van der Waals surface area contributed by atoms with Gasteiger partial charge in [0.25, 0.3) is 0 Å². The molecule has 0 atom stereocenters. The van der Waals surface area contributed by atoms with Gasteiger partial charge in [-0.2, -0.15) is 0 Å². The lowest BCUT2D eigenvalue weighted by Crippen LogP contribution is -2.42. The summed E-state index contributed by atoms with van der Waals surface area (Å²) in [6.45, 7) is 6.36. The summed E-state index contributed by atoms with van der Waals surface area (Å²) >= 11 is 0. The highest BCUT2D eigenvalue weighted by Gasteiger charge is 2.30. The van der Waals surface area contributed by atoms with Crippen molar-refractivity contribution in [1.29, 1.82) is 0 Å². The first-order valence-electron chi connectivity index (χ1n) is 8.07. The summed E-state index contributed by atoms with van der Waals surface area (Å²) in [6.07, 6.45) is 2.56. The van der Waals surface area contributed by atoms with Gasteiger partial charge in [0.05, 0.1) is 6.61 Å². The normalized spacial score (nSPS) is 14.4. The summed E-state index contributed by atoms with van der Waals surface area (Å²) in [5, 5.41) is 15.0. The van der Waals surface area contributed by atoms with Crippen molar-refractivity contribution in [3.8, 4) is 0 Å². The SMILES string of the molecule is CC(C)N(CCNC(=O)NCc1ccccc1CO)C1CC1. The average Bonchev–Trinajstić information content (AvgIpc) is 3.34. The maximum absolute atomic E-state index is 11.8. The van der Waals surface area contributed by atoms with Gasteiger partial charge in [0.15, 0.2) is 0 Å². The molecule has 0 saturated heterocycles. The van der Waals surface area contributed by atoms with E-state index in [1.807, 2.05) is 24.3 Å². The molecule has 5 nitrogen and oxygen atoms in total. The van der Waals surface area contributed by atoms with Gasteiger partial charge >= 0.3 is 6.03 Å². The van der Waals surface area contributed by atoms with Crippen LogP contribution in [0.1, 0.15) is 37.8 Å². The van der Waals surface area contributed by atoms with E-state index in [2.05, 4.69) is 29.4 Å². The zero-order valence-electron chi connectivity index (χ0n) is 13.5. The monoisotopic (exact) mass is 305 g/mol. The maximum atomic E-state index is 11.8. The number of nitrogens with one attached hydrogen (secondary N) is 2. The summed E-state index contributed by atoms with van der Waals surface area (Å²) in [5.74, 6) is 0. The fraction of sp³-hybridized carbons (Fsp3) is 0.588. The average molecular weight is 305 g/mol. The zero-order valence-corrected chi connectivity index (χ0v) is 13.5. The lowest BCUT2D eigenvalue weighted by molar-refractivity contribution is 0.207. The third-order valence-corrected chi connectivity index (χ3v) is 4.06. The molecule has 1 fully saturated rings. The Balaban J connectivity index is 1.69. The standard InChI is InChI=1S/C17H27N3O2/c1-13(2)20(16-7-8-16)10-9-18-17(22)19-11-14-5-3-4-6-15(14)12-21/h3-6,13,16,21H,7-12H2,1-2H3,(H2,18,19,22). The minimum absolute atomic E-state index is 0.00971. The number of hydrogen-bond acceptors (Lipinski definition) is 3. The van der Waals surface area contributed by atoms with Crippen molar-refractivity contribution < 1.29 is 9.90 Å². The maximum Gasteiger partial charge on any atom is 0.315 e. The van der Waals surface area contributed by atoms with E-state index in [-0.39, 0.29) is 12.6 Å². The molecule has 0 aliphatic heterocycles. The molecule has 5 heteroatoms. The summed E-state index contributed by atoms with van der Waals surface area (Å²) < 4.78 is 0. The summed E-state index contributed by atoms with van der Waals surface area (Å²) in [5.41, 5.74) is 1.80. The van der Waals surface area contributed by atoms with Gasteiger partial charge in [-0.05, 0) is 37.8 Å². The van der Waals surface area contributed by atoms with Crippen LogP contribution in [0.5, 0.6) is 0 Å². The Morgan fingerprint density at radius 3 is 2.55 bits per heavy atom.